The van der Waals surface area contributed by atoms with Gasteiger partial charge in [-0.3, -0.25) is 0 Å². The first kappa shape index (κ1) is 8.74. The van der Waals surface area contributed by atoms with Gasteiger partial charge in [-0.25, -0.2) is 4.39 Å². The third-order valence-electron chi connectivity index (χ3n) is 2.53. The van der Waals surface area contributed by atoms with Gasteiger partial charge in [0.25, 0.3) is 0 Å². The van der Waals surface area contributed by atoms with Crippen LogP contribution in [0.15, 0.2) is 36.4 Å². The van der Waals surface area contributed by atoms with Gasteiger partial charge in [-0.15, -0.1) is 0 Å². The number of hydrogen-bond donors (Lipinski definition) is 1. The van der Waals surface area contributed by atoms with E-state index in [-0.39, 0.29) is 5.82 Å². The largest absolute Gasteiger partial charge is 0.354 e. The Balaban J connectivity index is 2.59. The van der Waals surface area contributed by atoms with E-state index in [9.17, 15) is 4.39 Å². The van der Waals surface area contributed by atoms with E-state index in [1.54, 1.807) is 18.2 Å². The number of halogens is 2. The van der Waals surface area contributed by atoms with E-state index in [2.05, 4.69) is 4.98 Å². The zero-order valence-corrected chi connectivity index (χ0v) is 8.48. The summed E-state index contributed by atoms with van der Waals surface area (Å²) >= 11 is 5.87. The Labute approximate surface area is 90.5 Å². The monoisotopic (exact) mass is 219 g/mol. The highest BCUT2D eigenvalue weighted by molar-refractivity contribution is 6.31. The Bertz CT molecular complexity index is 657. The molecule has 0 aliphatic rings. The van der Waals surface area contributed by atoms with Gasteiger partial charge in [0.1, 0.15) is 5.82 Å². The molecule has 0 saturated carbocycles. The second-order valence-electron chi connectivity index (χ2n) is 3.48. The van der Waals surface area contributed by atoms with Crippen molar-refractivity contribution in [3.05, 3.63) is 47.2 Å². The predicted molar refractivity (Wildman–Crippen MR) is 60.8 cm³/mol. The number of nitrogens with one attached hydrogen (secondary N) is 1. The summed E-state index contributed by atoms with van der Waals surface area (Å²) in [7, 11) is 0. The summed E-state index contributed by atoms with van der Waals surface area (Å²) in [4.78, 5) is 3.14. The maximum Gasteiger partial charge on any atom is 0.133 e. The fraction of sp³-hybridized carbons (Fsp3) is 0. The molecule has 1 nitrogen and oxygen atoms in total. The van der Waals surface area contributed by atoms with Crippen LogP contribution >= 0.6 is 11.6 Å². The maximum atomic E-state index is 13.6. The molecule has 3 heteroatoms. The number of aromatic nitrogens is 1. The molecule has 0 unspecified atom stereocenters. The van der Waals surface area contributed by atoms with Crippen molar-refractivity contribution >= 4 is 33.4 Å². The third kappa shape index (κ3) is 1.22. The Morgan fingerprint density at radius 3 is 2.80 bits per heavy atom. The number of hydrogen-bond acceptors (Lipinski definition) is 0. The van der Waals surface area contributed by atoms with Gasteiger partial charge < -0.3 is 4.98 Å². The van der Waals surface area contributed by atoms with Gasteiger partial charge in [-0.1, -0.05) is 23.7 Å². The van der Waals surface area contributed by atoms with E-state index in [1.165, 1.54) is 6.07 Å². The zero-order valence-electron chi connectivity index (χ0n) is 7.72. The Morgan fingerprint density at radius 2 is 1.93 bits per heavy atom. The van der Waals surface area contributed by atoms with Crippen LogP contribution in [0.2, 0.25) is 5.02 Å². The standard InChI is InChI=1S/C12H7ClFN/c13-7-4-5-8-11(6-7)15-10-3-1-2-9(14)12(8)10/h1-6,15H. The lowest BCUT2D eigenvalue weighted by atomic mass is 10.1. The first-order valence-corrected chi connectivity index (χ1v) is 4.99. The van der Waals surface area contributed by atoms with Crippen molar-refractivity contribution in [1.29, 1.82) is 0 Å². The molecule has 15 heavy (non-hydrogen) atoms. The molecule has 3 aromatic rings. The van der Waals surface area contributed by atoms with E-state index in [0.29, 0.717) is 10.4 Å². The van der Waals surface area contributed by atoms with Crippen LogP contribution in [-0.4, -0.2) is 4.98 Å². The summed E-state index contributed by atoms with van der Waals surface area (Å²) in [6.45, 7) is 0. The molecule has 0 aliphatic heterocycles. The van der Waals surface area contributed by atoms with Crippen molar-refractivity contribution in [2.75, 3.05) is 0 Å². The quantitative estimate of drug-likeness (QED) is 0.586. The second kappa shape index (κ2) is 2.97. The van der Waals surface area contributed by atoms with Gasteiger partial charge in [0.2, 0.25) is 0 Å². The van der Waals surface area contributed by atoms with Gasteiger partial charge >= 0.3 is 0 Å². The van der Waals surface area contributed by atoms with Crippen LogP contribution in [0.3, 0.4) is 0 Å². The first-order chi connectivity index (χ1) is 7.25. The molecule has 1 heterocycles. The van der Waals surface area contributed by atoms with Crippen LogP contribution in [0, 0.1) is 5.82 Å². The average Bonchev–Trinajstić information content (AvgIpc) is 2.56. The number of rotatable bonds is 0. The summed E-state index contributed by atoms with van der Waals surface area (Å²) in [5.41, 5.74) is 1.66. The third-order valence-corrected chi connectivity index (χ3v) is 2.77. The SMILES string of the molecule is Fc1cccc2[nH]c3cc(Cl)ccc3c12. The molecule has 0 atom stereocenters. The van der Waals surface area contributed by atoms with Crippen LogP contribution in [0.4, 0.5) is 4.39 Å². The molecular formula is C12H7ClFN. The van der Waals surface area contributed by atoms with Crippen molar-refractivity contribution in [3.63, 3.8) is 0 Å². The highest BCUT2D eigenvalue weighted by Gasteiger charge is 2.07. The van der Waals surface area contributed by atoms with Crippen molar-refractivity contribution in [2.45, 2.75) is 0 Å². The predicted octanol–water partition coefficient (Wildman–Crippen LogP) is 4.11. The van der Waals surface area contributed by atoms with Gasteiger partial charge in [0.05, 0.1) is 0 Å². The summed E-state index contributed by atoms with van der Waals surface area (Å²) in [6.07, 6.45) is 0. The molecule has 1 N–H and O–H groups in total. The van der Waals surface area contributed by atoms with Crippen LogP contribution in [-0.2, 0) is 0 Å². The lowest BCUT2D eigenvalue weighted by molar-refractivity contribution is 0.640. The minimum Gasteiger partial charge on any atom is -0.354 e. The van der Waals surface area contributed by atoms with Crippen molar-refractivity contribution in [2.24, 2.45) is 0 Å². The Hall–Kier alpha value is -1.54. The van der Waals surface area contributed by atoms with Gasteiger partial charge in [0, 0.05) is 26.8 Å². The molecule has 0 radical (unpaired) electrons. The molecule has 3 rings (SSSR count). The van der Waals surface area contributed by atoms with Gasteiger partial charge in [0.15, 0.2) is 0 Å². The topological polar surface area (TPSA) is 15.8 Å². The van der Waals surface area contributed by atoms with Gasteiger partial charge in [-0.2, -0.15) is 0 Å². The molecule has 0 saturated heterocycles. The molecule has 0 bridgehead atoms. The van der Waals surface area contributed by atoms with Crippen molar-refractivity contribution in [3.8, 4) is 0 Å². The van der Waals surface area contributed by atoms with E-state index in [1.807, 2.05) is 12.1 Å². The number of fused-ring (bicyclic) bond motifs is 3. The Morgan fingerprint density at radius 1 is 1.07 bits per heavy atom. The summed E-state index contributed by atoms with van der Waals surface area (Å²) in [6, 6.07) is 10.4. The van der Waals surface area contributed by atoms with E-state index >= 15 is 0 Å². The van der Waals surface area contributed by atoms with Gasteiger partial charge in [-0.05, 0) is 24.3 Å². The number of benzene rings is 2. The van der Waals surface area contributed by atoms with Crippen molar-refractivity contribution < 1.29 is 4.39 Å². The van der Waals surface area contributed by atoms with Crippen LogP contribution in [0.25, 0.3) is 21.8 Å². The Kier molecular flexibility index (Phi) is 1.73. The van der Waals surface area contributed by atoms with Crippen LogP contribution in [0.5, 0.6) is 0 Å². The molecule has 1 aromatic heterocycles. The minimum atomic E-state index is -0.207. The summed E-state index contributed by atoms with van der Waals surface area (Å²) in [5.74, 6) is -0.207. The molecular weight excluding hydrogens is 213 g/mol. The fourth-order valence-corrected chi connectivity index (χ4v) is 2.06. The molecule has 2 aromatic carbocycles. The highest BCUT2D eigenvalue weighted by Crippen LogP contribution is 2.29. The average molecular weight is 220 g/mol. The van der Waals surface area contributed by atoms with Crippen LogP contribution < -0.4 is 0 Å². The zero-order chi connectivity index (χ0) is 10.4. The van der Waals surface area contributed by atoms with E-state index < -0.39 is 0 Å². The maximum absolute atomic E-state index is 13.6. The molecule has 74 valence electrons. The lowest BCUT2D eigenvalue weighted by Crippen LogP contribution is -1.74. The summed E-state index contributed by atoms with van der Waals surface area (Å²) in [5, 5.41) is 2.14. The minimum absolute atomic E-state index is 0.207. The first-order valence-electron chi connectivity index (χ1n) is 4.61. The smallest absolute Gasteiger partial charge is 0.133 e. The molecule has 0 fully saturated rings. The number of H-pyrrole nitrogens is 1. The molecule has 0 aliphatic carbocycles. The summed E-state index contributed by atoms with van der Waals surface area (Å²) < 4.78 is 13.6. The lowest BCUT2D eigenvalue weighted by Gasteiger charge is -1.93. The normalized spacial score (nSPS) is 11.3. The second-order valence-corrected chi connectivity index (χ2v) is 3.91. The highest BCUT2D eigenvalue weighted by atomic mass is 35.5. The molecule has 0 spiro atoms. The fourth-order valence-electron chi connectivity index (χ4n) is 1.89. The molecule has 0 amide bonds. The van der Waals surface area contributed by atoms with E-state index in [4.69, 9.17) is 11.6 Å². The van der Waals surface area contributed by atoms with E-state index in [0.717, 1.165) is 16.4 Å². The van der Waals surface area contributed by atoms with Crippen LogP contribution in [0.1, 0.15) is 0 Å². The van der Waals surface area contributed by atoms with Crippen molar-refractivity contribution in [1.82, 2.24) is 4.98 Å². The number of aromatic amines is 1.